The van der Waals surface area contributed by atoms with Crippen molar-refractivity contribution in [3.63, 3.8) is 0 Å². The van der Waals surface area contributed by atoms with Crippen LogP contribution in [0.5, 0.6) is 0 Å². The number of carbonyl (C=O) groups is 2. The first-order chi connectivity index (χ1) is 18.7. The van der Waals surface area contributed by atoms with Crippen molar-refractivity contribution in [1.82, 2.24) is 5.32 Å². The quantitative estimate of drug-likeness (QED) is 0.138. The van der Waals surface area contributed by atoms with E-state index in [0.717, 1.165) is 24.8 Å². The van der Waals surface area contributed by atoms with Crippen molar-refractivity contribution in [1.29, 1.82) is 0 Å². The Kier molecular flexibility index (Phi) is 15.5. The standard InChI is InChI=1S/C33H56N2O5/c1-10-11-14-22(4)31(40-33(34)39)27(9)30(37)25(7)18-20(2)17-24(6)29(36)21(3)15-12-13-16-28-23(5)19-26(8)32(38)35-28/h10-12,14-15,17,21-31,36-37H,1,13,16,18-19H2,2-9H3,(H2,34,39)(H,35,38)/b14-11-,15-12-,20-17-/t21-,22-,23+,24-,25-,26+,27-,28-,29-,30+,31-/m0/s1. The highest BCUT2D eigenvalue weighted by Crippen LogP contribution is 2.29. The predicted molar refractivity (Wildman–Crippen MR) is 163 cm³/mol. The first-order valence-electron chi connectivity index (χ1n) is 14.9. The van der Waals surface area contributed by atoms with E-state index < -0.39 is 24.4 Å². The maximum absolute atomic E-state index is 12.0. The molecule has 0 unspecified atom stereocenters. The number of carbonyl (C=O) groups excluding carboxylic acids is 2. The van der Waals surface area contributed by atoms with Crippen molar-refractivity contribution < 1.29 is 24.5 Å². The smallest absolute Gasteiger partial charge is 0.404 e. The fourth-order valence-corrected chi connectivity index (χ4v) is 5.98. The lowest BCUT2D eigenvalue weighted by atomic mass is 9.81. The molecule has 1 fully saturated rings. The zero-order valence-corrected chi connectivity index (χ0v) is 26.0. The lowest BCUT2D eigenvalue weighted by molar-refractivity contribution is -0.128. The minimum Gasteiger partial charge on any atom is -0.445 e. The van der Waals surface area contributed by atoms with Crippen LogP contribution < -0.4 is 11.1 Å². The SMILES string of the molecule is C=C/C=C\[C@H](C)[C@H](OC(N)=O)[C@@H](C)[C@H](O)[C@@H](C)C/C(C)=C\[C@H](C)[C@@H](O)[C@@H](C)/C=C\CC[C@@H]1NC(=O)[C@H](C)C[C@H]1C. The monoisotopic (exact) mass is 560 g/mol. The average molecular weight is 561 g/mol. The minimum absolute atomic E-state index is 0.0164. The van der Waals surface area contributed by atoms with E-state index in [9.17, 15) is 19.8 Å². The molecule has 1 rings (SSSR count). The van der Waals surface area contributed by atoms with E-state index in [1.165, 1.54) is 0 Å². The zero-order valence-electron chi connectivity index (χ0n) is 26.0. The minimum atomic E-state index is -0.859. The number of aliphatic hydroxyl groups is 2. The highest BCUT2D eigenvalue weighted by atomic mass is 16.6. The molecule has 0 bridgehead atoms. The van der Waals surface area contributed by atoms with E-state index in [4.69, 9.17) is 10.5 Å². The third-order valence-electron chi connectivity index (χ3n) is 8.50. The molecule has 0 aliphatic carbocycles. The molecular formula is C33H56N2O5. The molecule has 1 aliphatic heterocycles. The van der Waals surface area contributed by atoms with Crippen molar-refractivity contribution in [3.05, 3.63) is 48.6 Å². The molecule has 1 saturated heterocycles. The van der Waals surface area contributed by atoms with E-state index in [0.29, 0.717) is 12.3 Å². The van der Waals surface area contributed by atoms with Crippen molar-refractivity contribution in [2.45, 2.75) is 105 Å². The molecule has 0 aromatic rings. The maximum Gasteiger partial charge on any atom is 0.404 e. The third kappa shape index (κ3) is 11.6. The fourth-order valence-electron chi connectivity index (χ4n) is 5.98. The number of hydrogen-bond acceptors (Lipinski definition) is 5. The molecule has 40 heavy (non-hydrogen) atoms. The van der Waals surface area contributed by atoms with Crippen LogP contribution in [-0.4, -0.2) is 46.6 Å². The van der Waals surface area contributed by atoms with Gasteiger partial charge in [0.1, 0.15) is 6.10 Å². The van der Waals surface area contributed by atoms with Crippen molar-refractivity contribution in [2.24, 2.45) is 47.2 Å². The molecule has 0 saturated carbocycles. The van der Waals surface area contributed by atoms with Crippen LogP contribution in [0.2, 0.25) is 0 Å². The average Bonchev–Trinajstić information content (AvgIpc) is 2.89. The number of primary amides is 1. The Morgan fingerprint density at radius 2 is 1.75 bits per heavy atom. The molecule has 2 amide bonds. The fraction of sp³-hybridized carbons (Fsp3) is 0.697. The number of rotatable bonds is 16. The number of allylic oxidation sites excluding steroid dienone is 4. The van der Waals surface area contributed by atoms with Crippen LogP contribution in [0.1, 0.15) is 81.1 Å². The molecule has 0 aromatic carbocycles. The molecule has 7 nitrogen and oxygen atoms in total. The van der Waals surface area contributed by atoms with Gasteiger partial charge < -0.3 is 26.0 Å². The van der Waals surface area contributed by atoms with Gasteiger partial charge in [-0.2, -0.15) is 0 Å². The highest BCUT2D eigenvalue weighted by Gasteiger charge is 2.33. The van der Waals surface area contributed by atoms with Gasteiger partial charge in [0.15, 0.2) is 0 Å². The van der Waals surface area contributed by atoms with Gasteiger partial charge in [0, 0.05) is 35.6 Å². The Labute approximate surface area is 243 Å². The molecule has 1 aliphatic rings. The van der Waals surface area contributed by atoms with Crippen LogP contribution in [0.15, 0.2) is 48.6 Å². The van der Waals surface area contributed by atoms with Gasteiger partial charge in [0.05, 0.1) is 12.2 Å². The van der Waals surface area contributed by atoms with Crippen LogP contribution in [0, 0.1) is 41.4 Å². The van der Waals surface area contributed by atoms with Gasteiger partial charge >= 0.3 is 6.09 Å². The first-order valence-corrected chi connectivity index (χ1v) is 14.9. The molecule has 0 spiro atoms. The van der Waals surface area contributed by atoms with Gasteiger partial charge in [-0.3, -0.25) is 4.79 Å². The summed E-state index contributed by atoms with van der Waals surface area (Å²) in [4.78, 5) is 23.5. The van der Waals surface area contributed by atoms with Gasteiger partial charge in [-0.25, -0.2) is 4.79 Å². The Morgan fingerprint density at radius 3 is 2.35 bits per heavy atom. The Bertz CT molecular complexity index is 897. The van der Waals surface area contributed by atoms with Gasteiger partial charge in [-0.1, -0.05) is 97.1 Å². The van der Waals surface area contributed by atoms with E-state index >= 15 is 0 Å². The van der Waals surface area contributed by atoms with Crippen LogP contribution in [-0.2, 0) is 9.53 Å². The molecule has 1 heterocycles. The summed E-state index contributed by atoms with van der Waals surface area (Å²) in [6, 6.07) is 0.211. The molecule has 11 atom stereocenters. The summed E-state index contributed by atoms with van der Waals surface area (Å²) in [6.07, 6.45) is 12.3. The second kappa shape index (κ2) is 17.4. The van der Waals surface area contributed by atoms with Gasteiger partial charge in [0.25, 0.3) is 0 Å². The topological polar surface area (TPSA) is 122 Å². The molecule has 0 aromatic heterocycles. The number of hydrogen-bond donors (Lipinski definition) is 4. The number of ether oxygens (including phenoxy) is 1. The van der Waals surface area contributed by atoms with E-state index in [1.54, 1.807) is 12.2 Å². The van der Waals surface area contributed by atoms with Crippen LogP contribution in [0.25, 0.3) is 0 Å². The summed E-state index contributed by atoms with van der Waals surface area (Å²) in [7, 11) is 0. The number of piperidine rings is 1. The summed E-state index contributed by atoms with van der Waals surface area (Å²) in [5.74, 6) is 0.0720. The second-order valence-corrected chi connectivity index (χ2v) is 12.4. The molecule has 7 heteroatoms. The van der Waals surface area contributed by atoms with Gasteiger partial charge in [0.2, 0.25) is 5.91 Å². The largest absolute Gasteiger partial charge is 0.445 e. The number of nitrogens with two attached hydrogens (primary N) is 1. The number of amides is 2. The highest BCUT2D eigenvalue weighted by molar-refractivity contribution is 5.79. The summed E-state index contributed by atoms with van der Waals surface area (Å²) >= 11 is 0. The van der Waals surface area contributed by atoms with Gasteiger partial charge in [-0.15, -0.1) is 0 Å². The van der Waals surface area contributed by atoms with E-state index in [2.05, 4.69) is 37.0 Å². The normalized spacial score (nSPS) is 26.4. The predicted octanol–water partition coefficient (Wildman–Crippen LogP) is 5.93. The Balaban J connectivity index is 2.68. The molecule has 0 radical (unpaired) electrons. The van der Waals surface area contributed by atoms with Crippen LogP contribution >= 0.6 is 0 Å². The first kappa shape index (κ1) is 35.6. The number of nitrogens with one attached hydrogen (secondary N) is 1. The van der Waals surface area contributed by atoms with E-state index in [1.807, 2.05) is 54.5 Å². The summed E-state index contributed by atoms with van der Waals surface area (Å²) < 4.78 is 5.38. The summed E-state index contributed by atoms with van der Waals surface area (Å²) in [5, 5.41) is 25.2. The number of aliphatic hydroxyl groups excluding tert-OH is 2. The lowest BCUT2D eigenvalue weighted by Crippen LogP contribution is -2.47. The van der Waals surface area contributed by atoms with Crippen molar-refractivity contribution in [3.8, 4) is 0 Å². The lowest BCUT2D eigenvalue weighted by Gasteiger charge is -2.33. The van der Waals surface area contributed by atoms with Crippen LogP contribution in [0.4, 0.5) is 4.79 Å². The molecular weight excluding hydrogens is 504 g/mol. The Morgan fingerprint density at radius 1 is 1.10 bits per heavy atom. The Hall–Kier alpha value is -2.38. The van der Waals surface area contributed by atoms with Crippen molar-refractivity contribution >= 4 is 12.0 Å². The third-order valence-corrected chi connectivity index (χ3v) is 8.50. The molecule has 5 N–H and O–H groups in total. The van der Waals surface area contributed by atoms with Gasteiger partial charge in [-0.05, 0) is 44.4 Å². The van der Waals surface area contributed by atoms with Crippen molar-refractivity contribution in [2.75, 3.05) is 0 Å². The van der Waals surface area contributed by atoms with Crippen LogP contribution in [0.3, 0.4) is 0 Å². The summed E-state index contributed by atoms with van der Waals surface area (Å²) in [5.41, 5.74) is 6.40. The summed E-state index contributed by atoms with van der Waals surface area (Å²) in [6.45, 7) is 19.7. The second-order valence-electron chi connectivity index (χ2n) is 12.4. The zero-order chi connectivity index (χ0) is 30.6. The van der Waals surface area contributed by atoms with E-state index in [-0.39, 0.29) is 47.5 Å². The maximum atomic E-state index is 12.0. The molecule has 228 valence electrons.